The molecule has 0 aliphatic heterocycles. The number of aliphatic carboxylic acids is 1. The van der Waals surface area contributed by atoms with Gasteiger partial charge in [-0.2, -0.15) is 0 Å². The Morgan fingerprint density at radius 1 is 1.41 bits per heavy atom. The van der Waals surface area contributed by atoms with E-state index in [0.717, 1.165) is 0 Å². The van der Waals surface area contributed by atoms with Crippen LogP contribution in [0.15, 0.2) is 17.0 Å². The van der Waals surface area contributed by atoms with Gasteiger partial charge in [-0.1, -0.05) is 6.07 Å². The van der Waals surface area contributed by atoms with Gasteiger partial charge in [0.05, 0.1) is 0 Å². The molecular formula is C10H13NO5S. The van der Waals surface area contributed by atoms with E-state index in [1.54, 1.807) is 19.9 Å². The molecule has 0 heterocycles. The molecule has 3 N–H and O–H groups in total. The number of hydrogen-bond acceptors (Lipinski definition) is 4. The fourth-order valence-corrected chi connectivity index (χ4v) is 2.27. The van der Waals surface area contributed by atoms with Gasteiger partial charge in [-0.25, -0.2) is 18.4 Å². The average Bonchev–Trinajstić information content (AvgIpc) is 2.13. The molecule has 0 spiro atoms. The summed E-state index contributed by atoms with van der Waals surface area (Å²) in [5.41, 5.74) is 1.23. The number of hydrogen-bond donors (Lipinski definition) is 2. The summed E-state index contributed by atoms with van der Waals surface area (Å²) in [6.45, 7) is 2.72. The van der Waals surface area contributed by atoms with E-state index in [9.17, 15) is 13.2 Å². The van der Waals surface area contributed by atoms with Crippen LogP contribution in [0, 0.1) is 13.8 Å². The number of ether oxygens (including phenoxy) is 1. The highest BCUT2D eigenvalue weighted by Crippen LogP contribution is 2.28. The number of carboxylic acids is 1. The van der Waals surface area contributed by atoms with Crippen LogP contribution in [0.3, 0.4) is 0 Å². The van der Waals surface area contributed by atoms with Gasteiger partial charge in [0, 0.05) is 0 Å². The molecule has 0 saturated carbocycles. The maximum Gasteiger partial charge on any atom is 0.341 e. The van der Waals surface area contributed by atoms with Crippen molar-refractivity contribution in [1.82, 2.24) is 0 Å². The molecule has 1 aromatic carbocycles. The van der Waals surface area contributed by atoms with E-state index in [0.29, 0.717) is 11.1 Å². The van der Waals surface area contributed by atoms with Gasteiger partial charge < -0.3 is 9.84 Å². The lowest BCUT2D eigenvalue weighted by Gasteiger charge is -2.12. The lowest BCUT2D eigenvalue weighted by molar-refractivity contribution is -0.139. The minimum absolute atomic E-state index is 0.0134. The standard InChI is InChI=1S/C10H13NO5S/c1-6-3-7(2)10(16-5-9(12)13)8(4-6)17(11,14)15/h3-4H,5H2,1-2H3,(H,12,13)(H2,11,14,15). The molecule has 17 heavy (non-hydrogen) atoms. The van der Waals surface area contributed by atoms with Crippen molar-refractivity contribution in [3.05, 3.63) is 23.3 Å². The molecule has 0 aliphatic carbocycles. The van der Waals surface area contributed by atoms with Crippen LogP contribution in [0.5, 0.6) is 5.75 Å². The van der Waals surface area contributed by atoms with Gasteiger partial charge in [-0.05, 0) is 31.0 Å². The van der Waals surface area contributed by atoms with E-state index >= 15 is 0 Å². The molecule has 0 atom stereocenters. The van der Waals surface area contributed by atoms with Gasteiger partial charge in [0.15, 0.2) is 6.61 Å². The first-order valence-electron chi connectivity index (χ1n) is 4.70. The molecule has 0 unspecified atom stereocenters. The van der Waals surface area contributed by atoms with Gasteiger partial charge in [-0.3, -0.25) is 0 Å². The lowest BCUT2D eigenvalue weighted by atomic mass is 10.1. The van der Waals surface area contributed by atoms with Crippen LogP contribution in [0.1, 0.15) is 11.1 Å². The minimum atomic E-state index is -3.94. The Labute approximate surface area is 99.1 Å². The monoisotopic (exact) mass is 259 g/mol. The number of benzene rings is 1. The summed E-state index contributed by atoms with van der Waals surface area (Å²) in [7, 11) is -3.94. The van der Waals surface area contributed by atoms with Gasteiger partial charge in [0.2, 0.25) is 10.0 Å². The molecule has 0 aromatic heterocycles. The van der Waals surface area contributed by atoms with Crippen molar-refractivity contribution in [3.63, 3.8) is 0 Å². The predicted molar refractivity (Wildman–Crippen MR) is 60.4 cm³/mol. The second-order valence-electron chi connectivity index (χ2n) is 3.64. The van der Waals surface area contributed by atoms with E-state index in [1.165, 1.54) is 6.07 Å². The van der Waals surface area contributed by atoms with Crippen LogP contribution in [0.25, 0.3) is 0 Å². The van der Waals surface area contributed by atoms with E-state index in [4.69, 9.17) is 15.0 Å². The van der Waals surface area contributed by atoms with Crippen LogP contribution in [0.2, 0.25) is 0 Å². The molecule has 1 rings (SSSR count). The Kier molecular flexibility index (Phi) is 3.74. The number of carbonyl (C=O) groups is 1. The number of rotatable bonds is 4. The van der Waals surface area contributed by atoms with Crippen molar-refractivity contribution in [2.24, 2.45) is 5.14 Å². The fraction of sp³-hybridized carbons (Fsp3) is 0.300. The number of sulfonamides is 1. The Bertz CT molecular complexity index is 550. The zero-order chi connectivity index (χ0) is 13.2. The number of primary sulfonamides is 1. The molecule has 0 radical (unpaired) electrons. The topological polar surface area (TPSA) is 107 Å². The van der Waals surface area contributed by atoms with E-state index in [1.807, 2.05) is 0 Å². The van der Waals surface area contributed by atoms with Crippen molar-refractivity contribution < 1.29 is 23.1 Å². The van der Waals surface area contributed by atoms with Gasteiger partial charge in [-0.15, -0.1) is 0 Å². The summed E-state index contributed by atoms with van der Waals surface area (Å²) in [5.74, 6) is -1.20. The van der Waals surface area contributed by atoms with Crippen LogP contribution in [-0.2, 0) is 14.8 Å². The maximum absolute atomic E-state index is 11.4. The first-order chi connectivity index (χ1) is 7.71. The smallest absolute Gasteiger partial charge is 0.341 e. The molecule has 6 nitrogen and oxygen atoms in total. The Morgan fingerprint density at radius 2 is 2.00 bits per heavy atom. The van der Waals surface area contributed by atoms with Crippen molar-refractivity contribution >= 4 is 16.0 Å². The highest BCUT2D eigenvalue weighted by Gasteiger charge is 2.18. The van der Waals surface area contributed by atoms with Crippen LogP contribution >= 0.6 is 0 Å². The zero-order valence-electron chi connectivity index (χ0n) is 9.43. The summed E-state index contributed by atoms with van der Waals surface area (Å²) < 4.78 is 27.7. The molecule has 0 fully saturated rings. The highest BCUT2D eigenvalue weighted by atomic mass is 32.2. The normalized spacial score (nSPS) is 11.2. The number of carboxylic acid groups (broad SMARTS) is 1. The fourth-order valence-electron chi connectivity index (χ4n) is 1.45. The van der Waals surface area contributed by atoms with Crippen LogP contribution < -0.4 is 9.88 Å². The first kappa shape index (κ1) is 13.5. The molecule has 0 saturated heterocycles. The average molecular weight is 259 g/mol. The quantitative estimate of drug-likeness (QED) is 0.814. The molecule has 0 amide bonds. The summed E-state index contributed by atoms with van der Waals surface area (Å²) in [6, 6.07) is 3.03. The van der Waals surface area contributed by atoms with Gasteiger partial charge in [0.1, 0.15) is 10.6 Å². The van der Waals surface area contributed by atoms with Crippen LogP contribution in [-0.4, -0.2) is 26.1 Å². The molecule has 94 valence electrons. The van der Waals surface area contributed by atoms with Gasteiger partial charge in [0.25, 0.3) is 0 Å². The predicted octanol–water partition coefficient (Wildman–Crippen LogP) is 0.414. The third-order valence-electron chi connectivity index (χ3n) is 2.03. The lowest BCUT2D eigenvalue weighted by Crippen LogP contribution is -2.17. The van der Waals surface area contributed by atoms with E-state index < -0.39 is 22.6 Å². The van der Waals surface area contributed by atoms with E-state index in [2.05, 4.69) is 0 Å². The van der Waals surface area contributed by atoms with Crippen molar-refractivity contribution in [1.29, 1.82) is 0 Å². The summed E-state index contributed by atoms with van der Waals surface area (Å²) in [6.07, 6.45) is 0. The molecule has 7 heteroatoms. The van der Waals surface area contributed by atoms with Gasteiger partial charge >= 0.3 is 5.97 Å². The third kappa shape index (κ3) is 3.43. The Hall–Kier alpha value is -1.60. The third-order valence-corrected chi connectivity index (χ3v) is 2.95. The highest BCUT2D eigenvalue weighted by molar-refractivity contribution is 7.89. The van der Waals surface area contributed by atoms with Crippen LogP contribution in [0.4, 0.5) is 0 Å². The second kappa shape index (κ2) is 4.72. The Morgan fingerprint density at radius 3 is 2.47 bits per heavy atom. The molecule has 0 bridgehead atoms. The first-order valence-corrected chi connectivity index (χ1v) is 6.25. The van der Waals surface area contributed by atoms with Crippen molar-refractivity contribution in [2.75, 3.05) is 6.61 Å². The Balaban J connectivity index is 3.31. The molecule has 0 aliphatic rings. The second-order valence-corrected chi connectivity index (χ2v) is 5.17. The van der Waals surface area contributed by atoms with E-state index in [-0.39, 0.29) is 10.6 Å². The molecular weight excluding hydrogens is 246 g/mol. The summed E-state index contributed by atoms with van der Waals surface area (Å²) >= 11 is 0. The van der Waals surface area contributed by atoms with Crippen molar-refractivity contribution in [2.45, 2.75) is 18.7 Å². The number of nitrogens with two attached hydrogens (primary N) is 1. The largest absolute Gasteiger partial charge is 0.480 e. The summed E-state index contributed by atoms with van der Waals surface area (Å²) in [4.78, 5) is 10.2. The number of aryl methyl sites for hydroxylation is 2. The zero-order valence-corrected chi connectivity index (χ0v) is 10.2. The SMILES string of the molecule is Cc1cc(C)c(OCC(=O)O)c(S(N)(=O)=O)c1. The minimum Gasteiger partial charge on any atom is -0.480 e. The summed E-state index contributed by atoms with van der Waals surface area (Å²) in [5, 5.41) is 13.6. The maximum atomic E-state index is 11.4. The molecule has 1 aromatic rings. The van der Waals surface area contributed by atoms with Crippen molar-refractivity contribution in [3.8, 4) is 5.75 Å².